The molecule has 0 heterocycles. The van der Waals surface area contributed by atoms with Gasteiger partial charge in [0, 0.05) is 18.2 Å². The van der Waals surface area contributed by atoms with Crippen molar-refractivity contribution in [3.05, 3.63) is 42.0 Å². The highest BCUT2D eigenvalue weighted by Crippen LogP contribution is 2.28. The molecule has 0 fully saturated rings. The third-order valence-electron chi connectivity index (χ3n) is 2.66. The van der Waals surface area contributed by atoms with Crippen LogP contribution in [-0.4, -0.2) is 19.8 Å². The molecule has 0 bridgehead atoms. The van der Waals surface area contributed by atoms with Crippen LogP contribution in [0.3, 0.4) is 0 Å². The van der Waals surface area contributed by atoms with Crippen molar-refractivity contribution in [2.75, 3.05) is 19.8 Å². The van der Waals surface area contributed by atoms with Gasteiger partial charge in [-0.05, 0) is 25.8 Å². The zero-order valence-corrected chi connectivity index (χ0v) is 11.3. The van der Waals surface area contributed by atoms with E-state index in [4.69, 9.17) is 15.2 Å². The lowest BCUT2D eigenvalue weighted by Gasteiger charge is -2.17. The first-order valence-corrected chi connectivity index (χ1v) is 6.39. The Balaban J connectivity index is 2.84. The van der Waals surface area contributed by atoms with Gasteiger partial charge < -0.3 is 15.2 Å². The Morgan fingerprint density at radius 2 is 2.17 bits per heavy atom. The van der Waals surface area contributed by atoms with Crippen molar-refractivity contribution >= 4 is 0 Å². The van der Waals surface area contributed by atoms with E-state index in [1.54, 1.807) is 0 Å². The minimum absolute atomic E-state index is 0.0446. The second-order valence-electron chi connectivity index (χ2n) is 4.16. The molecule has 0 saturated heterocycles. The highest BCUT2D eigenvalue weighted by Gasteiger charge is 2.12. The molecule has 100 valence electrons. The minimum atomic E-state index is -0.0446. The molecule has 0 radical (unpaired) electrons. The van der Waals surface area contributed by atoms with Crippen molar-refractivity contribution < 1.29 is 9.47 Å². The van der Waals surface area contributed by atoms with E-state index in [1.807, 2.05) is 38.1 Å². The molecule has 0 aliphatic rings. The Kier molecular flexibility index (Phi) is 6.47. The molecular formula is C15H23NO2. The molecule has 0 aromatic heterocycles. The van der Waals surface area contributed by atoms with Crippen LogP contribution in [0.4, 0.5) is 0 Å². The van der Waals surface area contributed by atoms with Crippen LogP contribution in [0, 0.1) is 0 Å². The van der Waals surface area contributed by atoms with Crippen LogP contribution in [0.1, 0.15) is 31.0 Å². The van der Waals surface area contributed by atoms with E-state index in [0.29, 0.717) is 19.8 Å². The van der Waals surface area contributed by atoms with Crippen LogP contribution in [0.5, 0.6) is 5.75 Å². The van der Waals surface area contributed by atoms with Gasteiger partial charge in [0.15, 0.2) is 0 Å². The number of hydrogen-bond donors (Lipinski definition) is 1. The van der Waals surface area contributed by atoms with Crippen LogP contribution in [-0.2, 0) is 11.2 Å². The van der Waals surface area contributed by atoms with Gasteiger partial charge >= 0.3 is 0 Å². The number of allylic oxidation sites excluding steroid dienone is 1. The molecule has 0 spiro atoms. The summed E-state index contributed by atoms with van der Waals surface area (Å²) in [7, 11) is 0. The zero-order valence-electron chi connectivity index (χ0n) is 11.3. The number of ether oxygens (including phenoxy) is 2. The summed E-state index contributed by atoms with van der Waals surface area (Å²) in [6.45, 7) is 9.55. The van der Waals surface area contributed by atoms with Gasteiger partial charge in [0.2, 0.25) is 0 Å². The lowest BCUT2D eigenvalue weighted by Crippen LogP contribution is -2.13. The molecule has 3 heteroatoms. The van der Waals surface area contributed by atoms with E-state index in [1.165, 1.54) is 0 Å². The van der Waals surface area contributed by atoms with Crippen LogP contribution in [0.25, 0.3) is 0 Å². The lowest BCUT2D eigenvalue weighted by atomic mass is 10.0. The number of rotatable bonds is 8. The van der Waals surface area contributed by atoms with Crippen molar-refractivity contribution in [2.24, 2.45) is 5.73 Å². The van der Waals surface area contributed by atoms with Crippen LogP contribution in [0.2, 0.25) is 0 Å². The monoisotopic (exact) mass is 249 g/mol. The predicted molar refractivity (Wildman–Crippen MR) is 74.9 cm³/mol. The fraction of sp³-hybridized carbons (Fsp3) is 0.467. The summed E-state index contributed by atoms with van der Waals surface area (Å²) in [6, 6.07) is 6.01. The number of nitrogens with two attached hydrogens (primary N) is 1. The average molecular weight is 249 g/mol. The Labute approximate surface area is 110 Å². The van der Waals surface area contributed by atoms with Crippen molar-refractivity contribution in [3.8, 4) is 5.75 Å². The molecule has 0 amide bonds. The number of para-hydroxylation sites is 1. The molecule has 0 aliphatic heterocycles. The molecule has 2 N–H and O–H groups in total. The highest BCUT2D eigenvalue weighted by molar-refractivity contribution is 5.44. The molecule has 0 aliphatic carbocycles. The normalized spacial score (nSPS) is 12.2. The Bertz CT molecular complexity index is 375. The van der Waals surface area contributed by atoms with Gasteiger partial charge in [-0.25, -0.2) is 0 Å². The first-order valence-electron chi connectivity index (χ1n) is 6.39. The van der Waals surface area contributed by atoms with Gasteiger partial charge in [0.1, 0.15) is 12.4 Å². The third-order valence-corrected chi connectivity index (χ3v) is 2.66. The van der Waals surface area contributed by atoms with E-state index >= 15 is 0 Å². The second kappa shape index (κ2) is 7.90. The van der Waals surface area contributed by atoms with E-state index < -0.39 is 0 Å². The summed E-state index contributed by atoms with van der Waals surface area (Å²) in [6.07, 6.45) is 2.65. The van der Waals surface area contributed by atoms with Crippen molar-refractivity contribution in [3.63, 3.8) is 0 Å². The van der Waals surface area contributed by atoms with Gasteiger partial charge in [-0.1, -0.05) is 24.3 Å². The predicted octanol–water partition coefficient (Wildman–Crippen LogP) is 2.85. The molecule has 1 aromatic rings. The summed E-state index contributed by atoms with van der Waals surface area (Å²) < 4.78 is 11.1. The molecular weight excluding hydrogens is 226 g/mol. The zero-order chi connectivity index (χ0) is 13.4. The Morgan fingerprint density at radius 3 is 2.78 bits per heavy atom. The molecule has 18 heavy (non-hydrogen) atoms. The van der Waals surface area contributed by atoms with Crippen LogP contribution in [0.15, 0.2) is 30.9 Å². The van der Waals surface area contributed by atoms with E-state index in [2.05, 4.69) is 6.58 Å². The maximum absolute atomic E-state index is 5.97. The summed E-state index contributed by atoms with van der Waals surface area (Å²) >= 11 is 0. The van der Waals surface area contributed by atoms with E-state index in [0.717, 1.165) is 23.3 Å². The number of benzene rings is 1. The summed E-state index contributed by atoms with van der Waals surface area (Å²) in [5.74, 6) is 0.882. The molecule has 1 unspecified atom stereocenters. The molecule has 0 saturated carbocycles. The van der Waals surface area contributed by atoms with E-state index in [9.17, 15) is 0 Å². The smallest absolute Gasteiger partial charge is 0.127 e. The fourth-order valence-corrected chi connectivity index (χ4v) is 1.80. The fourth-order valence-electron chi connectivity index (χ4n) is 1.80. The largest absolute Gasteiger partial charge is 0.491 e. The van der Waals surface area contributed by atoms with Gasteiger partial charge in [0.05, 0.1) is 6.61 Å². The van der Waals surface area contributed by atoms with Crippen molar-refractivity contribution in [1.29, 1.82) is 0 Å². The average Bonchev–Trinajstić information content (AvgIpc) is 2.36. The minimum Gasteiger partial charge on any atom is -0.491 e. The summed E-state index contributed by atoms with van der Waals surface area (Å²) in [5.41, 5.74) is 8.13. The van der Waals surface area contributed by atoms with Gasteiger partial charge in [-0.3, -0.25) is 0 Å². The SMILES string of the molecule is C=CCc1cccc(C(C)N)c1OCCOCC. The maximum Gasteiger partial charge on any atom is 0.127 e. The first-order chi connectivity index (χ1) is 8.70. The van der Waals surface area contributed by atoms with Gasteiger partial charge in [-0.15, -0.1) is 6.58 Å². The summed E-state index contributed by atoms with van der Waals surface area (Å²) in [5, 5.41) is 0. The summed E-state index contributed by atoms with van der Waals surface area (Å²) in [4.78, 5) is 0. The lowest BCUT2D eigenvalue weighted by molar-refractivity contribution is 0.109. The quantitative estimate of drug-likeness (QED) is 0.569. The molecule has 3 nitrogen and oxygen atoms in total. The number of hydrogen-bond acceptors (Lipinski definition) is 3. The Morgan fingerprint density at radius 1 is 1.39 bits per heavy atom. The second-order valence-corrected chi connectivity index (χ2v) is 4.16. The van der Waals surface area contributed by atoms with E-state index in [-0.39, 0.29) is 6.04 Å². The van der Waals surface area contributed by atoms with Crippen LogP contribution < -0.4 is 10.5 Å². The molecule has 1 aromatic carbocycles. The first kappa shape index (κ1) is 14.7. The molecule has 1 rings (SSSR count). The van der Waals surface area contributed by atoms with Crippen molar-refractivity contribution in [1.82, 2.24) is 0 Å². The van der Waals surface area contributed by atoms with Gasteiger partial charge in [-0.2, -0.15) is 0 Å². The maximum atomic E-state index is 5.97. The Hall–Kier alpha value is -1.32. The third kappa shape index (κ3) is 4.17. The van der Waals surface area contributed by atoms with Gasteiger partial charge in [0.25, 0.3) is 0 Å². The van der Waals surface area contributed by atoms with Crippen LogP contribution >= 0.6 is 0 Å². The highest BCUT2D eigenvalue weighted by atomic mass is 16.5. The topological polar surface area (TPSA) is 44.5 Å². The molecule has 1 atom stereocenters. The van der Waals surface area contributed by atoms with Crippen molar-refractivity contribution in [2.45, 2.75) is 26.3 Å². The standard InChI is InChI=1S/C15H23NO2/c1-4-7-13-8-6-9-14(12(3)16)15(13)18-11-10-17-5-2/h4,6,8-9,12H,1,5,7,10-11,16H2,2-3H3.